The molecule has 0 spiro atoms. The van der Waals surface area contributed by atoms with E-state index in [9.17, 15) is 4.79 Å². The topological polar surface area (TPSA) is 29.4 Å². The van der Waals surface area contributed by atoms with Crippen LogP contribution in [0, 0.1) is 26.2 Å². The van der Waals surface area contributed by atoms with Gasteiger partial charge in [0, 0.05) is 6.92 Å². The molecule has 0 aliphatic rings. The molecule has 0 atom stereocenters. The SMILES string of the molecule is [CH2]C([CH2+])([CH2-])C(=O)N=C. The number of aliphatic imine (C=N–C) groups is 1. The van der Waals surface area contributed by atoms with Crippen molar-refractivity contribution in [1.82, 2.24) is 0 Å². The van der Waals surface area contributed by atoms with Gasteiger partial charge in [-0.2, -0.15) is 0 Å². The molecule has 1 amide bonds. The predicted molar refractivity (Wildman–Crippen MR) is 33.1 cm³/mol. The van der Waals surface area contributed by atoms with Crippen molar-refractivity contribution in [3.8, 4) is 0 Å². The van der Waals surface area contributed by atoms with Gasteiger partial charge in [0.2, 0.25) is 0 Å². The molecule has 0 aliphatic carbocycles. The van der Waals surface area contributed by atoms with Gasteiger partial charge in [-0.15, -0.1) is 0 Å². The van der Waals surface area contributed by atoms with Gasteiger partial charge in [0.1, 0.15) is 0 Å². The third-order valence-electron chi connectivity index (χ3n) is 0.597. The van der Waals surface area contributed by atoms with Crippen LogP contribution in [0.1, 0.15) is 0 Å². The maximum absolute atomic E-state index is 10.4. The van der Waals surface area contributed by atoms with Crippen LogP contribution >= 0.6 is 0 Å². The molecule has 0 rings (SSSR count). The van der Waals surface area contributed by atoms with E-state index in [1.54, 1.807) is 0 Å². The van der Waals surface area contributed by atoms with Crippen molar-refractivity contribution in [3.05, 3.63) is 20.8 Å². The normalized spacial score (nSPS) is 16.8. The Morgan fingerprint density at radius 1 is 1.88 bits per heavy atom. The number of rotatable bonds is 1. The first-order chi connectivity index (χ1) is 3.48. The Morgan fingerprint density at radius 2 is 2.25 bits per heavy atom. The molecule has 0 aromatic carbocycles. The van der Waals surface area contributed by atoms with Crippen molar-refractivity contribution < 1.29 is 4.79 Å². The summed E-state index contributed by atoms with van der Waals surface area (Å²) >= 11 is 0. The molecule has 2 nitrogen and oxygen atoms in total. The number of carbonyl (C=O) groups excluding carboxylic acids is 1. The van der Waals surface area contributed by atoms with E-state index in [-0.39, 0.29) is 0 Å². The third kappa shape index (κ3) is 1.78. The number of hydrogen-bond donors (Lipinski definition) is 0. The quantitative estimate of drug-likeness (QED) is 0.361. The average Bonchev–Trinajstić information content (AvgIpc) is 1.62. The Labute approximate surface area is 49.6 Å². The number of hydrogen-bond acceptors (Lipinski definition) is 1. The summed E-state index contributed by atoms with van der Waals surface area (Å²) in [5, 5.41) is 0. The zero-order chi connectivity index (χ0) is 6.78. The van der Waals surface area contributed by atoms with Gasteiger partial charge >= 0.3 is 0 Å². The van der Waals surface area contributed by atoms with Crippen LogP contribution < -0.4 is 0 Å². The smallest absolute Gasteiger partial charge is 0.264 e. The summed E-state index contributed by atoms with van der Waals surface area (Å²) in [6, 6.07) is 0. The second kappa shape index (κ2) is 1.99. The lowest BCUT2D eigenvalue weighted by Crippen LogP contribution is -2.18. The first-order valence-electron chi connectivity index (χ1n) is 2.05. The molecule has 1 radical (unpaired) electrons. The van der Waals surface area contributed by atoms with E-state index in [1.165, 1.54) is 0 Å². The molecule has 0 N–H and O–H groups in total. The van der Waals surface area contributed by atoms with Gasteiger partial charge in [0.05, 0.1) is 5.41 Å². The van der Waals surface area contributed by atoms with Gasteiger partial charge in [-0.1, -0.05) is 0 Å². The highest BCUT2D eigenvalue weighted by Gasteiger charge is 2.19. The van der Waals surface area contributed by atoms with E-state index in [2.05, 4.69) is 32.5 Å². The third-order valence-corrected chi connectivity index (χ3v) is 0.597. The van der Waals surface area contributed by atoms with E-state index in [1.807, 2.05) is 0 Å². The highest BCUT2D eigenvalue weighted by atomic mass is 16.1. The highest BCUT2D eigenvalue weighted by molar-refractivity contribution is 5.88. The van der Waals surface area contributed by atoms with Crippen LogP contribution in [0.4, 0.5) is 0 Å². The maximum atomic E-state index is 10.4. The number of nitrogens with zero attached hydrogens (tertiary/aromatic N) is 1. The summed E-state index contributed by atoms with van der Waals surface area (Å²) < 4.78 is 0. The summed E-state index contributed by atoms with van der Waals surface area (Å²) in [5.41, 5.74) is -1.11. The van der Waals surface area contributed by atoms with Crippen LogP contribution in [0.2, 0.25) is 0 Å². The Hall–Kier alpha value is -0.790. The Bertz CT molecular complexity index is 110. The molecule has 0 saturated heterocycles. The Kier molecular flexibility index (Phi) is 1.79. The van der Waals surface area contributed by atoms with Crippen LogP contribution in [0.5, 0.6) is 0 Å². The lowest BCUT2D eigenvalue weighted by Gasteiger charge is -2.10. The minimum absolute atomic E-state index is 0.488. The fourth-order valence-electron chi connectivity index (χ4n) is 0.168. The van der Waals surface area contributed by atoms with Crippen molar-refractivity contribution in [2.24, 2.45) is 10.4 Å². The van der Waals surface area contributed by atoms with Crippen LogP contribution in [-0.2, 0) is 4.79 Å². The first-order valence-corrected chi connectivity index (χ1v) is 2.05. The minimum Gasteiger partial charge on any atom is -0.283 e. The average molecular weight is 110 g/mol. The fourth-order valence-corrected chi connectivity index (χ4v) is 0.168. The molecule has 0 aliphatic heterocycles. The molecule has 0 heterocycles. The van der Waals surface area contributed by atoms with E-state index in [0.717, 1.165) is 0 Å². The van der Waals surface area contributed by atoms with Gasteiger partial charge in [-0.05, 0) is 13.6 Å². The van der Waals surface area contributed by atoms with Crippen molar-refractivity contribution in [2.75, 3.05) is 0 Å². The molecule has 8 heavy (non-hydrogen) atoms. The van der Waals surface area contributed by atoms with E-state index in [4.69, 9.17) is 0 Å². The van der Waals surface area contributed by atoms with E-state index < -0.39 is 11.3 Å². The van der Waals surface area contributed by atoms with Crippen LogP contribution in [0.15, 0.2) is 4.99 Å². The summed E-state index contributed by atoms with van der Waals surface area (Å²) in [6.45, 7) is 13.0. The van der Waals surface area contributed by atoms with Crippen LogP contribution in [0.3, 0.4) is 0 Å². The lowest BCUT2D eigenvalue weighted by atomic mass is 9.96. The largest absolute Gasteiger partial charge is 0.283 e. The summed E-state index contributed by atoms with van der Waals surface area (Å²) in [7, 11) is 0. The van der Waals surface area contributed by atoms with Crippen molar-refractivity contribution in [3.63, 3.8) is 0 Å². The maximum Gasteiger partial charge on any atom is 0.264 e. The monoisotopic (exact) mass is 110 g/mol. The molecule has 0 aromatic rings. The Morgan fingerprint density at radius 3 is 2.25 bits per heavy atom. The lowest BCUT2D eigenvalue weighted by molar-refractivity contribution is -0.121. The second-order valence-corrected chi connectivity index (χ2v) is 1.74. The summed E-state index contributed by atoms with van der Waals surface area (Å²) in [5.74, 6) is -0.488. The molecule has 43 valence electrons. The van der Waals surface area contributed by atoms with Crippen molar-refractivity contribution in [1.29, 1.82) is 0 Å². The molecule has 0 bridgehead atoms. The summed E-state index contributed by atoms with van der Waals surface area (Å²) in [4.78, 5) is 13.5. The zero-order valence-electron chi connectivity index (χ0n) is 4.68. The molecule has 2 heteroatoms. The predicted octanol–water partition coefficient (Wildman–Crippen LogP) is 0.702. The molecular formula is C6H8NO. The molecular weight excluding hydrogens is 102 g/mol. The Balaban J connectivity index is 4.02. The van der Waals surface area contributed by atoms with Gasteiger partial charge in [-0.25, -0.2) is 4.99 Å². The number of amides is 1. The van der Waals surface area contributed by atoms with Gasteiger partial charge in [0.15, 0.2) is 0 Å². The highest BCUT2D eigenvalue weighted by Crippen LogP contribution is 2.11. The van der Waals surface area contributed by atoms with Crippen LogP contribution in [-0.4, -0.2) is 12.6 Å². The van der Waals surface area contributed by atoms with Crippen molar-refractivity contribution >= 4 is 12.6 Å². The van der Waals surface area contributed by atoms with Gasteiger partial charge < -0.3 is 0 Å². The van der Waals surface area contributed by atoms with Crippen molar-refractivity contribution in [2.45, 2.75) is 0 Å². The van der Waals surface area contributed by atoms with Crippen LogP contribution in [0.25, 0.3) is 0 Å². The van der Waals surface area contributed by atoms with Gasteiger partial charge in [0.25, 0.3) is 5.91 Å². The first kappa shape index (κ1) is 7.21. The van der Waals surface area contributed by atoms with E-state index in [0.29, 0.717) is 0 Å². The van der Waals surface area contributed by atoms with Gasteiger partial charge in [-0.3, -0.25) is 11.7 Å². The van der Waals surface area contributed by atoms with E-state index >= 15 is 0 Å². The standard InChI is InChI=1S/C6H8NO/c1-6(2,3)5(8)7-4/h1-4H2. The minimum atomic E-state index is -1.11. The molecule has 0 unspecified atom stereocenters. The number of carbonyl (C=O) groups is 1. The molecule has 0 saturated carbocycles. The second-order valence-electron chi connectivity index (χ2n) is 1.74. The summed E-state index contributed by atoms with van der Waals surface area (Å²) in [6.07, 6.45) is 0. The fraction of sp³-hybridized carbons (Fsp3) is 0.167. The molecule has 0 aromatic heterocycles. The molecule has 0 fully saturated rings. The zero-order valence-corrected chi connectivity index (χ0v) is 4.68.